The molecule has 0 spiro atoms. The van der Waals surface area contributed by atoms with E-state index < -0.39 is 23.1 Å². The van der Waals surface area contributed by atoms with E-state index in [0.717, 1.165) is 26.7 Å². The second-order valence-electron chi connectivity index (χ2n) is 10.5. The van der Waals surface area contributed by atoms with Gasteiger partial charge in [-0.05, 0) is 62.6 Å². The minimum Gasteiger partial charge on any atom is -0.496 e. The van der Waals surface area contributed by atoms with E-state index in [-0.39, 0.29) is 23.7 Å². The Kier molecular flexibility index (Phi) is 8.35. The van der Waals surface area contributed by atoms with Crippen LogP contribution in [0.4, 0.5) is 13.2 Å². The number of alkyl halides is 3. The monoisotopic (exact) mass is 529 g/mol. The van der Waals surface area contributed by atoms with Crippen LogP contribution in [0, 0.1) is 11.3 Å². The van der Waals surface area contributed by atoms with E-state index >= 15 is 0 Å². The summed E-state index contributed by atoms with van der Waals surface area (Å²) in [7, 11) is 1.43. The molecule has 1 heterocycles. The van der Waals surface area contributed by atoms with Crippen LogP contribution < -0.4 is 10.1 Å². The molecule has 1 saturated carbocycles. The average molecular weight is 530 g/mol. The number of methoxy groups -OCH3 is 1. The third kappa shape index (κ3) is 5.99. The van der Waals surface area contributed by atoms with Gasteiger partial charge < -0.3 is 15.2 Å². The van der Waals surface area contributed by atoms with Crippen LogP contribution >= 0.6 is 11.6 Å². The first-order chi connectivity index (χ1) is 16.7. The van der Waals surface area contributed by atoms with Gasteiger partial charge in [0.1, 0.15) is 5.75 Å². The highest BCUT2D eigenvalue weighted by atomic mass is 35.5. The molecule has 10 heteroatoms. The number of hydrogen-bond acceptors (Lipinski definition) is 4. The molecule has 2 N–H and O–H groups in total. The van der Waals surface area contributed by atoms with Crippen LogP contribution in [-0.4, -0.2) is 46.2 Å². The SMILES string of the molecule is CCn1nc(C(=O)NCC2(O)CCC(C)CC2)c(Cl)c1-c1ccc(CC(C)(C)C(F)(F)F)cc1OC. The largest absolute Gasteiger partial charge is 0.496 e. The van der Waals surface area contributed by atoms with Crippen LogP contribution in [0.25, 0.3) is 11.3 Å². The number of aliphatic hydroxyl groups is 1. The minimum atomic E-state index is -4.35. The standard InChI is InChI=1S/C26H35ClF3N3O3/c1-6-33-22(18-8-7-17(13-19(18)36-5)14-24(3,4)26(28,29)30)20(27)21(32-33)23(34)31-15-25(35)11-9-16(2)10-12-25/h7-8,13,16,35H,6,9-12,14-15H2,1-5H3,(H,31,34). The third-order valence-corrected chi connectivity index (χ3v) is 7.48. The number of amides is 1. The number of benzene rings is 1. The van der Waals surface area contributed by atoms with E-state index in [1.807, 2.05) is 6.92 Å². The Bertz CT molecular complexity index is 1090. The number of ether oxygens (including phenoxy) is 1. The quantitative estimate of drug-likeness (QED) is 0.437. The lowest BCUT2D eigenvalue weighted by Crippen LogP contribution is -2.45. The highest BCUT2D eigenvalue weighted by Crippen LogP contribution is 2.42. The van der Waals surface area contributed by atoms with Gasteiger partial charge in [0.15, 0.2) is 5.69 Å². The Morgan fingerprint density at radius 3 is 2.50 bits per heavy atom. The summed E-state index contributed by atoms with van der Waals surface area (Å²) < 4.78 is 47.2. The molecule has 6 nitrogen and oxygen atoms in total. The molecule has 1 aromatic heterocycles. The Morgan fingerprint density at radius 1 is 1.31 bits per heavy atom. The van der Waals surface area contributed by atoms with Gasteiger partial charge in [-0.2, -0.15) is 18.3 Å². The summed E-state index contributed by atoms with van der Waals surface area (Å²) in [6.45, 7) is 6.81. The smallest absolute Gasteiger partial charge is 0.394 e. The van der Waals surface area contributed by atoms with Crippen LogP contribution in [0.15, 0.2) is 18.2 Å². The van der Waals surface area contributed by atoms with Crippen molar-refractivity contribution in [2.24, 2.45) is 11.3 Å². The molecular formula is C26H35ClF3N3O3. The van der Waals surface area contributed by atoms with Crippen LogP contribution in [0.2, 0.25) is 5.02 Å². The highest BCUT2D eigenvalue weighted by molar-refractivity contribution is 6.36. The van der Waals surface area contributed by atoms with Crippen LogP contribution in [-0.2, 0) is 13.0 Å². The van der Waals surface area contributed by atoms with Crippen molar-refractivity contribution in [2.75, 3.05) is 13.7 Å². The fourth-order valence-corrected chi connectivity index (χ4v) is 4.85. The van der Waals surface area contributed by atoms with Gasteiger partial charge in [-0.3, -0.25) is 9.48 Å². The fraction of sp³-hybridized carbons (Fsp3) is 0.615. The molecule has 200 valence electrons. The number of hydrogen-bond donors (Lipinski definition) is 2. The predicted molar refractivity (Wildman–Crippen MR) is 133 cm³/mol. The molecule has 0 unspecified atom stereocenters. The number of aromatic nitrogens is 2. The van der Waals surface area contributed by atoms with Crippen molar-refractivity contribution >= 4 is 17.5 Å². The second-order valence-corrected chi connectivity index (χ2v) is 10.9. The van der Waals surface area contributed by atoms with Crippen molar-refractivity contribution in [1.29, 1.82) is 0 Å². The van der Waals surface area contributed by atoms with Gasteiger partial charge in [0.05, 0.1) is 28.8 Å². The number of carbonyl (C=O) groups excluding carboxylic acids is 1. The van der Waals surface area contributed by atoms with Crippen molar-refractivity contribution in [2.45, 2.75) is 78.1 Å². The number of nitrogens with one attached hydrogen (secondary N) is 1. The van der Waals surface area contributed by atoms with E-state index in [0.29, 0.717) is 47.9 Å². The van der Waals surface area contributed by atoms with E-state index in [9.17, 15) is 23.1 Å². The van der Waals surface area contributed by atoms with Crippen molar-refractivity contribution in [3.8, 4) is 17.0 Å². The van der Waals surface area contributed by atoms with Crippen molar-refractivity contribution in [3.05, 3.63) is 34.5 Å². The van der Waals surface area contributed by atoms with Crippen LogP contribution in [0.3, 0.4) is 0 Å². The van der Waals surface area contributed by atoms with Gasteiger partial charge in [0, 0.05) is 18.7 Å². The lowest BCUT2D eigenvalue weighted by Gasteiger charge is -2.34. The van der Waals surface area contributed by atoms with Crippen molar-refractivity contribution in [3.63, 3.8) is 0 Å². The maximum Gasteiger partial charge on any atom is 0.394 e. The Hall–Kier alpha value is -2.26. The molecule has 1 amide bonds. The Labute approximate surface area is 215 Å². The van der Waals surface area contributed by atoms with Crippen molar-refractivity contribution < 1.29 is 27.8 Å². The molecule has 1 aromatic carbocycles. The fourth-order valence-electron chi connectivity index (χ4n) is 4.53. The Morgan fingerprint density at radius 2 is 1.94 bits per heavy atom. The molecule has 0 bridgehead atoms. The molecule has 0 saturated heterocycles. The lowest BCUT2D eigenvalue weighted by atomic mass is 9.79. The molecule has 3 rings (SSSR count). The van der Waals surface area contributed by atoms with Crippen LogP contribution in [0.5, 0.6) is 5.75 Å². The number of halogens is 4. The Balaban J connectivity index is 1.87. The first-order valence-corrected chi connectivity index (χ1v) is 12.6. The topological polar surface area (TPSA) is 76.4 Å². The zero-order chi connectivity index (χ0) is 26.9. The summed E-state index contributed by atoms with van der Waals surface area (Å²) in [5, 5.41) is 18.1. The second kappa shape index (κ2) is 10.6. The minimum absolute atomic E-state index is 0.0191. The van der Waals surface area contributed by atoms with Gasteiger partial charge in [-0.1, -0.05) is 38.4 Å². The van der Waals surface area contributed by atoms with Crippen molar-refractivity contribution in [1.82, 2.24) is 15.1 Å². The van der Waals surface area contributed by atoms with Gasteiger partial charge in [0.2, 0.25) is 0 Å². The predicted octanol–water partition coefficient (Wildman–Crippen LogP) is 6.03. The zero-order valence-corrected chi connectivity index (χ0v) is 22.2. The number of rotatable bonds is 8. The molecule has 0 atom stereocenters. The van der Waals surface area contributed by atoms with Gasteiger partial charge in [0.25, 0.3) is 5.91 Å². The molecule has 0 aliphatic heterocycles. The molecular weight excluding hydrogens is 495 g/mol. The normalized spacial score (nSPS) is 20.9. The average Bonchev–Trinajstić information content (AvgIpc) is 3.14. The molecule has 0 radical (unpaired) electrons. The first kappa shape index (κ1) is 28.3. The zero-order valence-electron chi connectivity index (χ0n) is 21.4. The summed E-state index contributed by atoms with van der Waals surface area (Å²) in [5.41, 5.74) is -1.42. The number of nitrogens with zero attached hydrogens (tertiary/aromatic N) is 2. The molecule has 1 aliphatic rings. The van der Waals surface area contributed by atoms with E-state index in [1.165, 1.54) is 7.11 Å². The first-order valence-electron chi connectivity index (χ1n) is 12.2. The molecule has 36 heavy (non-hydrogen) atoms. The summed E-state index contributed by atoms with van der Waals surface area (Å²) in [6.07, 6.45) is -1.54. The van der Waals surface area contributed by atoms with E-state index in [4.69, 9.17) is 16.3 Å². The van der Waals surface area contributed by atoms with Gasteiger partial charge >= 0.3 is 6.18 Å². The summed E-state index contributed by atoms with van der Waals surface area (Å²) in [5.74, 6) is 0.390. The number of aryl methyl sites for hydroxylation is 1. The van der Waals surface area contributed by atoms with Crippen LogP contribution in [0.1, 0.15) is 69.4 Å². The molecule has 2 aromatic rings. The van der Waals surface area contributed by atoms with E-state index in [1.54, 1.807) is 22.9 Å². The highest BCUT2D eigenvalue weighted by Gasteiger charge is 2.47. The molecule has 1 fully saturated rings. The number of carbonyl (C=O) groups is 1. The summed E-state index contributed by atoms with van der Waals surface area (Å²) in [4.78, 5) is 13.0. The molecule has 1 aliphatic carbocycles. The maximum atomic E-state index is 13.4. The van der Waals surface area contributed by atoms with Gasteiger partial charge in [-0.25, -0.2) is 0 Å². The lowest BCUT2D eigenvalue weighted by molar-refractivity contribution is -0.211. The maximum absolute atomic E-state index is 13.4. The van der Waals surface area contributed by atoms with Gasteiger partial charge in [-0.15, -0.1) is 0 Å². The van der Waals surface area contributed by atoms with E-state index in [2.05, 4.69) is 17.3 Å². The summed E-state index contributed by atoms with van der Waals surface area (Å²) >= 11 is 6.64. The third-order valence-electron chi connectivity index (χ3n) is 7.13. The summed E-state index contributed by atoms with van der Waals surface area (Å²) in [6, 6.07) is 4.81.